The van der Waals surface area contributed by atoms with E-state index in [0.29, 0.717) is 0 Å². The second-order valence-electron chi connectivity index (χ2n) is 3.02. The number of nitrogens with zero attached hydrogens (tertiary/aromatic N) is 3. The number of hydrogen-bond acceptors (Lipinski definition) is 6. The van der Waals surface area contributed by atoms with E-state index in [1.807, 2.05) is 0 Å². The maximum absolute atomic E-state index is 11.6. The van der Waals surface area contributed by atoms with Gasteiger partial charge in [0.1, 0.15) is 12.7 Å². The first-order valence-corrected chi connectivity index (χ1v) is 5.04. The summed E-state index contributed by atoms with van der Waals surface area (Å²) < 4.78 is 0.969. The number of aromatic nitrogens is 2. The molecule has 0 saturated heterocycles. The predicted octanol–water partition coefficient (Wildman–Crippen LogP) is -1.74. The lowest BCUT2D eigenvalue weighted by Gasteiger charge is -2.05. The number of imidazole rings is 1. The van der Waals surface area contributed by atoms with Gasteiger partial charge in [-0.1, -0.05) is 0 Å². The highest BCUT2D eigenvalue weighted by Gasteiger charge is 2.25. The van der Waals surface area contributed by atoms with Crippen LogP contribution < -0.4 is 16.6 Å². The normalized spacial score (nSPS) is 9.83. The van der Waals surface area contributed by atoms with Gasteiger partial charge in [0.15, 0.2) is 5.11 Å². The molecule has 0 spiro atoms. The summed E-state index contributed by atoms with van der Waals surface area (Å²) in [5.41, 5.74) is 9.38. The Labute approximate surface area is 106 Å². The summed E-state index contributed by atoms with van der Waals surface area (Å²) in [6.45, 7) is -0.508. The fraction of sp³-hybridized carbons (Fsp3) is 0.286. The summed E-state index contributed by atoms with van der Waals surface area (Å²) in [5.74, 6) is -1.40. The van der Waals surface area contributed by atoms with E-state index in [4.69, 9.17) is 10.8 Å². The average molecular weight is 274 g/mol. The Morgan fingerprint density at radius 1 is 1.67 bits per heavy atom. The number of carbonyl (C=O) groups excluding carboxylic acids is 1. The smallest absolute Gasteiger partial charge is 0.343 e. The Morgan fingerprint density at radius 3 is 2.83 bits per heavy atom. The highest BCUT2D eigenvalue weighted by atomic mass is 32.1. The number of nitrogens with one attached hydrogen (secondary N) is 2. The van der Waals surface area contributed by atoms with E-state index in [1.165, 1.54) is 0 Å². The number of carbonyl (C=O) groups is 1. The lowest BCUT2D eigenvalue weighted by atomic mass is 10.5. The number of aliphatic hydroxyl groups is 1. The van der Waals surface area contributed by atoms with Crippen LogP contribution in [0.5, 0.6) is 0 Å². The molecule has 0 aliphatic rings. The van der Waals surface area contributed by atoms with E-state index in [0.717, 1.165) is 10.8 Å². The topological polar surface area (TPSA) is 148 Å². The minimum absolute atomic E-state index is 0.133. The van der Waals surface area contributed by atoms with Gasteiger partial charge < -0.3 is 21.0 Å². The standard InChI is InChI=1S/C7H10N6O4S/c8-7(18)11-10-6(15)5-9-3-4(13(16)17)12(5)1-2-14/h3,14H,1-2H2,(H,10,15)(H3,8,11,18). The lowest BCUT2D eigenvalue weighted by molar-refractivity contribution is -0.392. The molecule has 0 atom stereocenters. The molecule has 1 rings (SSSR count). The van der Waals surface area contributed by atoms with E-state index in [2.05, 4.69) is 28.1 Å². The van der Waals surface area contributed by atoms with Gasteiger partial charge in [-0.2, -0.15) is 4.57 Å². The second-order valence-corrected chi connectivity index (χ2v) is 3.46. The summed E-state index contributed by atoms with van der Waals surface area (Å²) in [5, 5.41) is 19.3. The number of rotatable bonds is 4. The Bertz CT molecular complexity index is 486. The highest BCUT2D eigenvalue weighted by molar-refractivity contribution is 7.80. The van der Waals surface area contributed by atoms with Crippen molar-refractivity contribution in [1.29, 1.82) is 0 Å². The maximum Gasteiger partial charge on any atom is 0.343 e. The minimum atomic E-state index is -0.760. The number of aliphatic hydroxyl groups excluding tert-OH is 1. The minimum Gasteiger partial charge on any atom is -0.392 e. The van der Waals surface area contributed by atoms with Gasteiger partial charge in [-0.25, -0.2) is 4.98 Å². The number of hydrogen-bond donors (Lipinski definition) is 4. The van der Waals surface area contributed by atoms with E-state index in [9.17, 15) is 14.9 Å². The van der Waals surface area contributed by atoms with Gasteiger partial charge in [-0.3, -0.25) is 15.6 Å². The Hall–Kier alpha value is -2.27. The zero-order valence-electron chi connectivity index (χ0n) is 8.99. The Kier molecular flexibility index (Phi) is 4.51. The molecular formula is C7H10N6O4S. The van der Waals surface area contributed by atoms with Gasteiger partial charge in [0.2, 0.25) is 0 Å². The van der Waals surface area contributed by atoms with Crippen molar-refractivity contribution in [2.45, 2.75) is 6.54 Å². The van der Waals surface area contributed by atoms with Crippen molar-refractivity contribution >= 4 is 29.1 Å². The van der Waals surface area contributed by atoms with Crippen molar-refractivity contribution in [2.75, 3.05) is 6.61 Å². The maximum atomic E-state index is 11.6. The highest BCUT2D eigenvalue weighted by Crippen LogP contribution is 2.13. The Balaban J connectivity index is 2.97. The number of nitrogens with two attached hydrogens (primary N) is 1. The average Bonchev–Trinajstić information content (AvgIpc) is 2.70. The van der Waals surface area contributed by atoms with Crippen molar-refractivity contribution < 1.29 is 14.8 Å². The third-order valence-corrected chi connectivity index (χ3v) is 1.95. The number of nitro groups is 1. The summed E-state index contributed by atoms with van der Waals surface area (Å²) in [6.07, 6.45) is 0.922. The first-order chi connectivity index (χ1) is 8.47. The molecule has 1 aromatic rings. The fourth-order valence-electron chi connectivity index (χ4n) is 1.19. The van der Waals surface area contributed by atoms with Crippen molar-refractivity contribution in [3.05, 3.63) is 22.1 Å². The monoisotopic (exact) mass is 274 g/mol. The van der Waals surface area contributed by atoms with Crippen molar-refractivity contribution in [3.8, 4) is 0 Å². The van der Waals surface area contributed by atoms with Crippen molar-refractivity contribution in [2.24, 2.45) is 5.73 Å². The van der Waals surface area contributed by atoms with Crippen molar-refractivity contribution in [1.82, 2.24) is 20.4 Å². The van der Waals surface area contributed by atoms with Crippen molar-refractivity contribution in [3.63, 3.8) is 0 Å². The number of amides is 1. The van der Waals surface area contributed by atoms with Crippen LogP contribution in [0.4, 0.5) is 5.82 Å². The zero-order chi connectivity index (χ0) is 13.7. The third kappa shape index (κ3) is 3.11. The molecule has 0 aromatic carbocycles. The molecule has 5 N–H and O–H groups in total. The van der Waals surface area contributed by atoms with Crippen LogP contribution in [-0.4, -0.2) is 37.2 Å². The van der Waals surface area contributed by atoms with Crippen LogP contribution in [0, 0.1) is 10.1 Å². The van der Waals surface area contributed by atoms with E-state index in [1.54, 1.807) is 0 Å². The first-order valence-electron chi connectivity index (χ1n) is 4.64. The van der Waals surface area contributed by atoms with Crippen LogP contribution in [0.2, 0.25) is 0 Å². The first kappa shape index (κ1) is 13.8. The molecule has 0 aliphatic carbocycles. The van der Waals surface area contributed by atoms with Gasteiger partial charge >= 0.3 is 11.7 Å². The summed E-state index contributed by atoms with van der Waals surface area (Å²) in [4.78, 5) is 25.2. The molecule has 10 nitrogen and oxygen atoms in total. The summed E-state index contributed by atoms with van der Waals surface area (Å²) in [7, 11) is 0. The SMILES string of the molecule is NC(=S)NNC(=O)c1ncc([N+](=O)[O-])n1CCO. The number of thiocarbonyl (C=S) groups is 1. The molecule has 0 bridgehead atoms. The van der Waals surface area contributed by atoms with E-state index < -0.39 is 16.6 Å². The molecule has 98 valence electrons. The molecule has 11 heteroatoms. The summed E-state index contributed by atoms with van der Waals surface area (Å²) in [6, 6.07) is 0. The molecule has 0 aliphatic heterocycles. The van der Waals surface area contributed by atoms with E-state index >= 15 is 0 Å². The van der Waals surface area contributed by atoms with Crippen LogP contribution in [-0.2, 0) is 6.54 Å². The predicted molar refractivity (Wildman–Crippen MR) is 63.4 cm³/mol. The largest absolute Gasteiger partial charge is 0.392 e. The molecule has 0 unspecified atom stereocenters. The van der Waals surface area contributed by atoms with Gasteiger partial charge in [0.25, 0.3) is 5.82 Å². The summed E-state index contributed by atoms with van der Waals surface area (Å²) >= 11 is 4.47. The quantitative estimate of drug-likeness (QED) is 0.287. The van der Waals surface area contributed by atoms with Gasteiger partial charge in [-0.05, 0) is 17.1 Å². The lowest BCUT2D eigenvalue weighted by Crippen LogP contribution is -2.45. The van der Waals surface area contributed by atoms with Crippen LogP contribution in [0.1, 0.15) is 10.6 Å². The van der Waals surface area contributed by atoms with Gasteiger partial charge in [0, 0.05) is 0 Å². The number of hydrazine groups is 1. The molecular weight excluding hydrogens is 264 g/mol. The molecule has 1 aromatic heterocycles. The van der Waals surface area contributed by atoms with Crippen LogP contribution >= 0.6 is 12.2 Å². The third-order valence-electron chi connectivity index (χ3n) is 1.85. The van der Waals surface area contributed by atoms with Crippen LogP contribution in [0.3, 0.4) is 0 Å². The van der Waals surface area contributed by atoms with Crippen LogP contribution in [0.15, 0.2) is 6.20 Å². The molecule has 0 fully saturated rings. The Morgan fingerprint density at radius 2 is 2.33 bits per heavy atom. The zero-order valence-corrected chi connectivity index (χ0v) is 9.81. The molecule has 0 radical (unpaired) electrons. The molecule has 18 heavy (non-hydrogen) atoms. The van der Waals surface area contributed by atoms with Crippen LogP contribution in [0.25, 0.3) is 0 Å². The molecule has 1 heterocycles. The van der Waals surface area contributed by atoms with Gasteiger partial charge in [-0.15, -0.1) is 0 Å². The fourth-order valence-corrected chi connectivity index (χ4v) is 1.24. The molecule has 1 amide bonds. The van der Waals surface area contributed by atoms with Gasteiger partial charge in [0.05, 0.1) is 6.61 Å². The van der Waals surface area contributed by atoms with E-state index in [-0.39, 0.29) is 24.1 Å². The second kappa shape index (κ2) is 5.88. The molecule has 0 saturated carbocycles.